The highest BCUT2D eigenvalue weighted by atomic mass is 16.6. The molecular weight excluding hydrogens is 388 g/mol. The molecule has 1 aromatic carbocycles. The molecule has 1 aliphatic heterocycles. The monoisotopic (exact) mass is 416 g/mol. The minimum absolute atomic E-state index is 0.0137. The van der Waals surface area contributed by atoms with E-state index in [0.717, 1.165) is 5.76 Å². The topological polar surface area (TPSA) is 92.3 Å². The molecule has 0 unspecified atom stereocenters. The van der Waals surface area contributed by atoms with E-state index >= 15 is 0 Å². The van der Waals surface area contributed by atoms with Crippen LogP contribution in [0.3, 0.4) is 0 Å². The summed E-state index contributed by atoms with van der Waals surface area (Å²) in [6.45, 7) is 9.13. The first-order valence-electron chi connectivity index (χ1n) is 9.87. The summed E-state index contributed by atoms with van der Waals surface area (Å²) >= 11 is 0. The summed E-state index contributed by atoms with van der Waals surface area (Å²) in [5, 5.41) is 12.0. The highest BCUT2D eigenvalue weighted by Gasteiger charge is 2.31. The van der Waals surface area contributed by atoms with Gasteiger partial charge in [0.25, 0.3) is 0 Å². The van der Waals surface area contributed by atoms with Gasteiger partial charge in [0.05, 0.1) is 4.92 Å². The van der Waals surface area contributed by atoms with Crippen molar-refractivity contribution in [1.82, 2.24) is 4.90 Å². The zero-order valence-corrected chi connectivity index (χ0v) is 18.0. The van der Waals surface area contributed by atoms with Gasteiger partial charge in [0.15, 0.2) is 5.88 Å². The number of nitro groups is 1. The second-order valence-corrected chi connectivity index (χ2v) is 8.30. The molecule has 1 amide bonds. The molecule has 30 heavy (non-hydrogen) atoms. The summed E-state index contributed by atoms with van der Waals surface area (Å²) in [6.07, 6.45) is -0.363. The molecular formula is C21H28N4O5. The number of ether oxygens (including phenoxy) is 1. The van der Waals surface area contributed by atoms with E-state index in [1.165, 1.54) is 0 Å². The quantitative estimate of drug-likeness (QED) is 0.541. The van der Waals surface area contributed by atoms with Crippen LogP contribution < -0.4 is 9.80 Å². The number of carbonyl (C=O) groups excluding carboxylic acids is 1. The van der Waals surface area contributed by atoms with Crippen molar-refractivity contribution in [3.05, 3.63) is 46.2 Å². The predicted molar refractivity (Wildman–Crippen MR) is 115 cm³/mol. The van der Waals surface area contributed by atoms with Gasteiger partial charge in [0, 0.05) is 39.3 Å². The van der Waals surface area contributed by atoms with Gasteiger partial charge in [0.1, 0.15) is 22.7 Å². The number of carbonyl (C=O) groups is 1. The largest absolute Gasteiger partial charge is 0.446 e. The Bertz CT molecular complexity index is 926. The van der Waals surface area contributed by atoms with Gasteiger partial charge in [-0.25, -0.2) is 4.79 Å². The Hall–Kier alpha value is -3.23. The van der Waals surface area contributed by atoms with Gasteiger partial charge < -0.3 is 23.9 Å². The number of nitro benzene ring substituents is 1. The first-order valence-corrected chi connectivity index (χ1v) is 9.87. The van der Waals surface area contributed by atoms with Crippen LogP contribution in [0.1, 0.15) is 26.5 Å². The lowest BCUT2D eigenvalue weighted by molar-refractivity contribution is -0.383. The standard InChI is InChI=1S/C21H28N4O5/c1-15-9-10-18(29-15)22(5)16-7-6-8-17(19(16)25(27)28)23-11-13-24(14-12-23)20(26)30-21(2,3)4/h6-10H,11-14H2,1-5H3. The van der Waals surface area contributed by atoms with E-state index in [1.807, 2.05) is 38.7 Å². The van der Waals surface area contributed by atoms with Crippen LogP contribution in [0.2, 0.25) is 0 Å². The fourth-order valence-electron chi connectivity index (χ4n) is 3.41. The van der Waals surface area contributed by atoms with Crippen LogP contribution in [-0.4, -0.2) is 54.7 Å². The van der Waals surface area contributed by atoms with Gasteiger partial charge in [-0.3, -0.25) is 10.1 Å². The first-order chi connectivity index (χ1) is 14.1. The molecule has 0 saturated carbocycles. The normalized spacial score (nSPS) is 14.6. The predicted octanol–water partition coefficient (Wildman–Crippen LogP) is 4.32. The van der Waals surface area contributed by atoms with Gasteiger partial charge in [-0.2, -0.15) is 0 Å². The molecule has 1 aromatic heterocycles. The molecule has 1 saturated heterocycles. The van der Waals surface area contributed by atoms with E-state index in [2.05, 4.69) is 0 Å². The van der Waals surface area contributed by atoms with E-state index in [-0.39, 0.29) is 16.7 Å². The van der Waals surface area contributed by atoms with Crippen molar-refractivity contribution >= 4 is 29.0 Å². The second-order valence-electron chi connectivity index (χ2n) is 8.30. The highest BCUT2D eigenvalue weighted by Crippen LogP contribution is 2.40. The summed E-state index contributed by atoms with van der Waals surface area (Å²) < 4.78 is 11.1. The lowest BCUT2D eigenvalue weighted by Crippen LogP contribution is -2.50. The van der Waals surface area contributed by atoms with Crippen LogP contribution in [0.25, 0.3) is 0 Å². The fraction of sp³-hybridized carbons (Fsp3) is 0.476. The van der Waals surface area contributed by atoms with E-state index in [4.69, 9.17) is 9.15 Å². The maximum absolute atomic E-state index is 12.3. The minimum Gasteiger partial charge on any atom is -0.446 e. The van der Waals surface area contributed by atoms with Crippen molar-refractivity contribution in [1.29, 1.82) is 0 Å². The second kappa shape index (κ2) is 8.25. The van der Waals surface area contributed by atoms with Gasteiger partial charge in [-0.15, -0.1) is 0 Å². The summed E-state index contributed by atoms with van der Waals surface area (Å²) in [6, 6.07) is 8.84. The Kier molecular flexibility index (Phi) is 5.91. The molecule has 1 aliphatic rings. The maximum atomic E-state index is 12.3. The highest BCUT2D eigenvalue weighted by molar-refractivity contribution is 5.80. The molecule has 2 heterocycles. The third kappa shape index (κ3) is 4.67. The average Bonchev–Trinajstić information content (AvgIpc) is 3.12. The molecule has 162 valence electrons. The van der Waals surface area contributed by atoms with Crippen LogP contribution >= 0.6 is 0 Å². The Morgan fingerprint density at radius 1 is 1.17 bits per heavy atom. The van der Waals surface area contributed by atoms with Gasteiger partial charge in [0.2, 0.25) is 0 Å². The molecule has 0 N–H and O–H groups in total. The number of amides is 1. The number of rotatable bonds is 4. The van der Waals surface area contributed by atoms with Gasteiger partial charge in [-0.1, -0.05) is 6.07 Å². The molecule has 0 spiro atoms. The van der Waals surface area contributed by atoms with Gasteiger partial charge in [-0.05, 0) is 45.9 Å². The number of aryl methyl sites for hydroxylation is 1. The maximum Gasteiger partial charge on any atom is 0.410 e. The Balaban J connectivity index is 1.82. The minimum atomic E-state index is -0.559. The van der Waals surface area contributed by atoms with E-state index in [0.29, 0.717) is 43.4 Å². The lowest BCUT2D eigenvalue weighted by atomic mass is 10.1. The van der Waals surface area contributed by atoms with Crippen LogP contribution in [0, 0.1) is 17.0 Å². The molecule has 0 radical (unpaired) electrons. The Labute approximate surface area is 175 Å². The molecule has 1 fully saturated rings. The molecule has 0 bridgehead atoms. The average molecular weight is 416 g/mol. The molecule has 9 heteroatoms. The number of hydrogen-bond donors (Lipinski definition) is 0. The molecule has 9 nitrogen and oxygen atoms in total. The third-order valence-corrected chi connectivity index (χ3v) is 4.87. The van der Waals surface area contributed by atoms with Crippen molar-refractivity contribution in [2.45, 2.75) is 33.3 Å². The van der Waals surface area contributed by atoms with E-state index < -0.39 is 5.60 Å². The van der Waals surface area contributed by atoms with E-state index in [1.54, 1.807) is 41.1 Å². The van der Waals surface area contributed by atoms with Gasteiger partial charge >= 0.3 is 11.8 Å². The fourth-order valence-corrected chi connectivity index (χ4v) is 3.41. The molecule has 0 aliphatic carbocycles. The number of piperazine rings is 1. The van der Waals surface area contributed by atoms with Crippen LogP contribution in [0.15, 0.2) is 34.7 Å². The molecule has 3 rings (SSSR count). The third-order valence-electron chi connectivity index (χ3n) is 4.87. The summed E-state index contributed by atoms with van der Waals surface area (Å²) in [7, 11) is 1.74. The van der Waals surface area contributed by atoms with Crippen LogP contribution in [0.5, 0.6) is 0 Å². The lowest BCUT2D eigenvalue weighted by Gasteiger charge is -2.36. The molecule has 0 atom stereocenters. The number of benzene rings is 1. The van der Waals surface area contributed by atoms with Crippen LogP contribution in [0.4, 0.5) is 27.7 Å². The summed E-state index contributed by atoms with van der Waals surface area (Å²) in [5.74, 6) is 1.26. The summed E-state index contributed by atoms with van der Waals surface area (Å²) in [4.78, 5) is 29.2. The number of para-hydroxylation sites is 1. The van der Waals surface area contributed by atoms with Crippen molar-refractivity contribution in [2.75, 3.05) is 43.0 Å². The number of furan rings is 1. The zero-order valence-electron chi connectivity index (χ0n) is 18.0. The zero-order chi connectivity index (χ0) is 22.1. The van der Waals surface area contributed by atoms with Crippen LogP contribution in [-0.2, 0) is 4.74 Å². The molecule has 2 aromatic rings. The van der Waals surface area contributed by atoms with Crippen molar-refractivity contribution in [2.24, 2.45) is 0 Å². The number of hydrogen-bond acceptors (Lipinski definition) is 7. The summed E-state index contributed by atoms with van der Waals surface area (Å²) in [5.41, 5.74) is 0.425. The first kappa shape index (κ1) is 21.5. The Morgan fingerprint density at radius 2 is 1.83 bits per heavy atom. The van der Waals surface area contributed by atoms with E-state index in [9.17, 15) is 14.9 Å². The van der Waals surface area contributed by atoms with Crippen molar-refractivity contribution in [3.8, 4) is 0 Å². The smallest absolute Gasteiger partial charge is 0.410 e. The van der Waals surface area contributed by atoms with Crippen molar-refractivity contribution < 1.29 is 18.9 Å². The number of nitrogens with zero attached hydrogens (tertiary/aromatic N) is 4. The van der Waals surface area contributed by atoms with Crippen molar-refractivity contribution in [3.63, 3.8) is 0 Å². The number of anilines is 3. The SMILES string of the molecule is Cc1ccc(N(C)c2cccc(N3CCN(C(=O)OC(C)(C)C)CC3)c2[N+](=O)[O-])o1. The Morgan fingerprint density at radius 3 is 2.37 bits per heavy atom.